The van der Waals surface area contributed by atoms with Crippen LogP contribution in [0.5, 0.6) is 0 Å². The van der Waals surface area contributed by atoms with E-state index in [0.717, 1.165) is 0 Å². The molecule has 11 heteroatoms. The summed E-state index contributed by atoms with van der Waals surface area (Å²) < 4.78 is 40.7. The number of para-hydroxylation sites is 2. The predicted molar refractivity (Wildman–Crippen MR) is 88.1 cm³/mol. The fourth-order valence-corrected chi connectivity index (χ4v) is 2.75. The molecule has 148 valence electrons. The van der Waals surface area contributed by atoms with Crippen molar-refractivity contribution in [3.8, 4) is 0 Å². The molecule has 0 spiro atoms. The monoisotopic (exact) mass is 389 g/mol. The average molecular weight is 389 g/mol. The number of piperidine rings is 1. The van der Waals surface area contributed by atoms with Gasteiger partial charge in [-0.2, -0.15) is 13.2 Å². The van der Waals surface area contributed by atoms with E-state index in [1.165, 1.54) is 6.07 Å². The molecule has 1 N–H and O–H groups in total. The summed E-state index contributed by atoms with van der Waals surface area (Å²) in [5, 5.41) is 12.7. The highest BCUT2D eigenvalue weighted by atomic mass is 19.4. The number of hydrogen-bond acceptors (Lipinski definition) is 6. The molecule has 1 aromatic rings. The van der Waals surface area contributed by atoms with Crippen LogP contribution in [-0.4, -0.2) is 49.2 Å². The number of halogens is 3. The van der Waals surface area contributed by atoms with E-state index in [1.54, 1.807) is 28.4 Å². The number of ether oxygens (including phenoxy) is 1. The molecule has 0 aliphatic carbocycles. The number of nitro benzene ring substituents is 1. The number of nitro groups is 1. The van der Waals surface area contributed by atoms with Crippen molar-refractivity contribution in [3.05, 3.63) is 34.4 Å². The summed E-state index contributed by atoms with van der Waals surface area (Å²) in [5.74, 6) is -2.21. The second-order valence-corrected chi connectivity index (χ2v) is 6.01. The molecule has 0 radical (unpaired) electrons. The van der Waals surface area contributed by atoms with E-state index in [1.807, 2.05) is 0 Å². The van der Waals surface area contributed by atoms with Gasteiger partial charge in [-0.3, -0.25) is 19.7 Å². The van der Waals surface area contributed by atoms with E-state index < -0.39 is 42.0 Å². The summed E-state index contributed by atoms with van der Waals surface area (Å²) in [6.07, 6.45) is -3.82. The molecule has 2 rings (SSSR count). The summed E-state index contributed by atoms with van der Waals surface area (Å²) in [5.41, 5.74) is 0.431. The Hall–Kier alpha value is -2.85. The minimum Gasteiger partial charge on any atom is -0.455 e. The van der Waals surface area contributed by atoms with E-state index in [4.69, 9.17) is 4.74 Å². The highest BCUT2D eigenvalue weighted by molar-refractivity contribution is 5.81. The van der Waals surface area contributed by atoms with Gasteiger partial charge in [0.05, 0.1) is 10.8 Å². The van der Waals surface area contributed by atoms with Crippen molar-refractivity contribution >= 4 is 23.3 Å². The van der Waals surface area contributed by atoms with Gasteiger partial charge >= 0.3 is 12.1 Å². The van der Waals surface area contributed by atoms with Crippen LogP contribution in [0.25, 0.3) is 0 Å². The number of esters is 1. The van der Waals surface area contributed by atoms with Gasteiger partial charge in [0.15, 0.2) is 6.61 Å². The number of alkyl halides is 3. The fraction of sp³-hybridized carbons (Fsp3) is 0.500. The molecule has 27 heavy (non-hydrogen) atoms. The van der Waals surface area contributed by atoms with Gasteiger partial charge in [0.25, 0.3) is 11.6 Å². The van der Waals surface area contributed by atoms with Crippen molar-refractivity contribution in [1.29, 1.82) is 0 Å². The molecular weight excluding hydrogens is 371 g/mol. The largest absolute Gasteiger partial charge is 0.455 e. The van der Waals surface area contributed by atoms with Crippen LogP contribution in [-0.2, 0) is 14.3 Å². The number of hydrogen-bond donors (Lipinski definition) is 1. The summed E-state index contributed by atoms with van der Waals surface area (Å²) >= 11 is 0. The summed E-state index contributed by atoms with van der Waals surface area (Å²) in [6, 6.07) is 6.27. The maximum atomic E-state index is 12.0. The number of carbonyl (C=O) groups is 2. The van der Waals surface area contributed by atoms with Crippen molar-refractivity contribution in [2.45, 2.75) is 19.0 Å². The third-order valence-electron chi connectivity index (χ3n) is 4.08. The minimum atomic E-state index is -4.54. The Morgan fingerprint density at radius 2 is 1.89 bits per heavy atom. The van der Waals surface area contributed by atoms with E-state index in [2.05, 4.69) is 0 Å². The molecule has 1 aliphatic rings. The molecule has 1 saturated heterocycles. The van der Waals surface area contributed by atoms with Crippen LogP contribution in [0.4, 0.5) is 24.5 Å². The first kappa shape index (κ1) is 20.5. The SMILES string of the molecule is O=C(COC(=O)C1CCN(c2ccccc2[N+](=O)[O-])CC1)NCC(F)(F)F. The summed E-state index contributed by atoms with van der Waals surface area (Å²) in [6.45, 7) is -1.51. The quantitative estimate of drug-likeness (QED) is 0.454. The van der Waals surface area contributed by atoms with Crippen molar-refractivity contribution in [3.63, 3.8) is 0 Å². The second-order valence-electron chi connectivity index (χ2n) is 6.01. The van der Waals surface area contributed by atoms with Gasteiger partial charge in [0.2, 0.25) is 0 Å². The van der Waals surface area contributed by atoms with Crippen LogP contribution >= 0.6 is 0 Å². The van der Waals surface area contributed by atoms with E-state index in [-0.39, 0.29) is 5.69 Å². The van der Waals surface area contributed by atoms with Crippen LogP contribution in [0.3, 0.4) is 0 Å². The van der Waals surface area contributed by atoms with Gasteiger partial charge < -0.3 is 15.0 Å². The lowest BCUT2D eigenvalue weighted by molar-refractivity contribution is -0.384. The number of benzene rings is 1. The maximum Gasteiger partial charge on any atom is 0.405 e. The normalized spacial score (nSPS) is 15.3. The molecular formula is C16H18F3N3O5. The van der Waals surface area contributed by atoms with Crippen LogP contribution in [0.2, 0.25) is 0 Å². The number of nitrogens with one attached hydrogen (secondary N) is 1. The van der Waals surface area contributed by atoms with Crippen LogP contribution in [0.15, 0.2) is 24.3 Å². The van der Waals surface area contributed by atoms with Gasteiger partial charge in [0.1, 0.15) is 12.2 Å². The van der Waals surface area contributed by atoms with Crippen molar-refractivity contribution in [2.24, 2.45) is 5.92 Å². The fourth-order valence-electron chi connectivity index (χ4n) is 2.75. The Labute approximate surface area is 152 Å². The molecule has 1 fully saturated rings. The Bertz CT molecular complexity index is 703. The molecule has 0 unspecified atom stereocenters. The molecule has 1 amide bonds. The van der Waals surface area contributed by atoms with Gasteiger partial charge in [-0.1, -0.05) is 12.1 Å². The Morgan fingerprint density at radius 1 is 1.26 bits per heavy atom. The molecule has 1 aliphatic heterocycles. The molecule has 0 aromatic heterocycles. The number of carbonyl (C=O) groups excluding carboxylic acids is 2. The zero-order valence-electron chi connectivity index (χ0n) is 14.2. The predicted octanol–water partition coefficient (Wildman–Crippen LogP) is 2.03. The number of amides is 1. The highest BCUT2D eigenvalue weighted by Gasteiger charge is 2.30. The van der Waals surface area contributed by atoms with Crippen LogP contribution in [0, 0.1) is 16.0 Å². The van der Waals surface area contributed by atoms with Crippen LogP contribution in [0.1, 0.15) is 12.8 Å². The Balaban J connectivity index is 1.81. The number of nitrogens with zero attached hydrogens (tertiary/aromatic N) is 2. The number of anilines is 1. The van der Waals surface area contributed by atoms with Crippen molar-refractivity contribution in [2.75, 3.05) is 31.1 Å². The third-order valence-corrected chi connectivity index (χ3v) is 4.08. The summed E-state index contributed by atoms with van der Waals surface area (Å²) in [7, 11) is 0. The van der Waals surface area contributed by atoms with E-state index in [0.29, 0.717) is 31.6 Å². The van der Waals surface area contributed by atoms with Crippen LogP contribution < -0.4 is 10.2 Å². The lowest BCUT2D eigenvalue weighted by atomic mass is 9.96. The lowest BCUT2D eigenvalue weighted by Crippen LogP contribution is -2.39. The first-order valence-electron chi connectivity index (χ1n) is 8.16. The van der Waals surface area contributed by atoms with E-state index >= 15 is 0 Å². The second kappa shape index (κ2) is 8.69. The zero-order valence-corrected chi connectivity index (χ0v) is 14.2. The first-order valence-corrected chi connectivity index (χ1v) is 8.16. The molecule has 1 aromatic carbocycles. The highest BCUT2D eigenvalue weighted by Crippen LogP contribution is 2.31. The van der Waals surface area contributed by atoms with Gasteiger partial charge in [0, 0.05) is 19.2 Å². The van der Waals surface area contributed by atoms with Crippen molar-refractivity contribution in [1.82, 2.24) is 5.32 Å². The first-order chi connectivity index (χ1) is 12.7. The topological polar surface area (TPSA) is 102 Å². The van der Waals surface area contributed by atoms with E-state index in [9.17, 15) is 32.9 Å². The third kappa shape index (κ3) is 6.12. The molecule has 1 heterocycles. The van der Waals surface area contributed by atoms with Gasteiger partial charge in [-0.15, -0.1) is 0 Å². The minimum absolute atomic E-state index is 0.0279. The number of rotatable bonds is 6. The van der Waals surface area contributed by atoms with Gasteiger partial charge in [-0.25, -0.2) is 0 Å². The molecule has 0 saturated carbocycles. The standard InChI is InChI=1S/C16H18F3N3O5/c17-16(18,19)10-20-14(23)9-27-15(24)11-5-7-21(8-6-11)12-3-1-2-4-13(12)22(25)26/h1-4,11H,5-10H2,(H,20,23). The van der Waals surface area contributed by atoms with Gasteiger partial charge in [-0.05, 0) is 18.9 Å². The van der Waals surface area contributed by atoms with Crippen molar-refractivity contribution < 1.29 is 32.4 Å². The molecule has 0 bridgehead atoms. The molecule has 8 nitrogen and oxygen atoms in total. The smallest absolute Gasteiger partial charge is 0.405 e. The zero-order chi connectivity index (χ0) is 20.0. The lowest BCUT2D eigenvalue weighted by Gasteiger charge is -2.32. The Morgan fingerprint density at radius 3 is 2.48 bits per heavy atom. The summed E-state index contributed by atoms with van der Waals surface area (Å²) in [4.78, 5) is 35.6. The Kier molecular flexibility index (Phi) is 6.59. The molecule has 0 atom stereocenters. The average Bonchev–Trinajstić information content (AvgIpc) is 2.64. The maximum absolute atomic E-state index is 12.0.